The fraction of sp³-hybridized carbons (Fsp3) is 0.263. The molecule has 134 valence electrons. The van der Waals surface area contributed by atoms with E-state index in [4.69, 9.17) is 5.73 Å². The summed E-state index contributed by atoms with van der Waals surface area (Å²) in [6, 6.07) is 9.36. The van der Waals surface area contributed by atoms with Crippen LogP contribution in [0.3, 0.4) is 0 Å². The minimum atomic E-state index is -0.140. The SMILES string of the molecule is CCc1nnc(CNC(=O)c2cccc(-c3c(C)cc(N)nc3C)c2)s1. The molecular formula is C19H21N5OS. The average molecular weight is 367 g/mol. The van der Waals surface area contributed by atoms with Crippen LogP contribution >= 0.6 is 11.3 Å². The molecule has 3 N–H and O–H groups in total. The van der Waals surface area contributed by atoms with E-state index < -0.39 is 0 Å². The van der Waals surface area contributed by atoms with Crippen molar-refractivity contribution in [2.45, 2.75) is 33.7 Å². The van der Waals surface area contributed by atoms with E-state index in [9.17, 15) is 4.79 Å². The third-order valence-electron chi connectivity index (χ3n) is 4.04. The van der Waals surface area contributed by atoms with Crippen LogP contribution in [0, 0.1) is 13.8 Å². The molecule has 0 atom stereocenters. The minimum Gasteiger partial charge on any atom is -0.384 e. The fourth-order valence-electron chi connectivity index (χ4n) is 2.87. The molecule has 0 bridgehead atoms. The predicted molar refractivity (Wildman–Crippen MR) is 104 cm³/mol. The molecule has 0 aliphatic carbocycles. The molecule has 26 heavy (non-hydrogen) atoms. The second-order valence-electron chi connectivity index (χ2n) is 6.03. The minimum absolute atomic E-state index is 0.140. The topological polar surface area (TPSA) is 93.8 Å². The third kappa shape index (κ3) is 3.88. The van der Waals surface area contributed by atoms with Gasteiger partial charge in [-0.25, -0.2) is 4.98 Å². The van der Waals surface area contributed by atoms with Crippen molar-refractivity contribution >= 4 is 23.1 Å². The number of nitrogens with two attached hydrogens (primary N) is 1. The van der Waals surface area contributed by atoms with E-state index in [1.54, 1.807) is 6.07 Å². The van der Waals surface area contributed by atoms with Gasteiger partial charge < -0.3 is 11.1 Å². The first kappa shape index (κ1) is 18.0. The molecule has 3 aromatic rings. The van der Waals surface area contributed by atoms with Crippen LogP contribution in [0.5, 0.6) is 0 Å². The van der Waals surface area contributed by atoms with Crippen molar-refractivity contribution in [3.05, 3.63) is 57.2 Å². The smallest absolute Gasteiger partial charge is 0.251 e. The fourth-order valence-corrected chi connectivity index (χ4v) is 3.60. The van der Waals surface area contributed by atoms with Crippen molar-refractivity contribution in [2.24, 2.45) is 0 Å². The number of rotatable bonds is 5. The number of anilines is 1. The third-order valence-corrected chi connectivity index (χ3v) is 5.11. The van der Waals surface area contributed by atoms with Gasteiger partial charge in [-0.3, -0.25) is 4.79 Å². The Balaban J connectivity index is 1.79. The number of benzene rings is 1. The molecule has 0 aliphatic heterocycles. The lowest BCUT2D eigenvalue weighted by atomic mass is 9.97. The Morgan fingerprint density at radius 2 is 1.96 bits per heavy atom. The molecule has 7 heteroatoms. The molecule has 2 heterocycles. The second kappa shape index (κ2) is 7.61. The van der Waals surface area contributed by atoms with E-state index in [0.717, 1.165) is 38.8 Å². The summed E-state index contributed by atoms with van der Waals surface area (Å²) in [6.07, 6.45) is 0.849. The molecule has 0 unspecified atom stereocenters. The van der Waals surface area contributed by atoms with Crippen LogP contribution in [-0.4, -0.2) is 21.1 Å². The van der Waals surface area contributed by atoms with E-state index in [0.29, 0.717) is 17.9 Å². The highest BCUT2D eigenvalue weighted by molar-refractivity contribution is 7.11. The van der Waals surface area contributed by atoms with Crippen LogP contribution in [0.15, 0.2) is 30.3 Å². The van der Waals surface area contributed by atoms with Crippen LogP contribution in [0.1, 0.15) is 38.6 Å². The predicted octanol–water partition coefficient (Wildman–Crippen LogP) is 3.29. The van der Waals surface area contributed by atoms with Gasteiger partial charge in [0.2, 0.25) is 0 Å². The van der Waals surface area contributed by atoms with E-state index in [2.05, 4.69) is 20.5 Å². The molecular weight excluding hydrogens is 346 g/mol. The summed E-state index contributed by atoms with van der Waals surface area (Å²) < 4.78 is 0. The summed E-state index contributed by atoms with van der Waals surface area (Å²) in [4.78, 5) is 16.8. The molecule has 0 radical (unpaired) electrons. The van der Waals surface area contributed by atoms with Crippen molar-refractivity contribution < 1.29 is 4.79 Å². The van der Waals surface area contributed by atoms with Crippen molar-refractivity contribution in [1.82, 2.24) is 20.5 Å². The number of nitrogens with one attached hydrogen (secondary N) is 1. The number of aromatic nitrogens is 3. The summed E-state index contributed by atoms with van der Waals surface area (Å²) in [5.41, 5.74) is 10.2. The number of pyridine rings is 1. The summed E-state index contributed by atoms with van der Waals surface area (Å²) in [5.74, 6) is 0.361. The Hall–Kier alpha value is -2.80. The van der Waals surface area contributed by atoms with Crippen molar-refractivity contribution in [3.8, 4) is 11.1 Å². The number of nitrogens with zero attached hydrogens (tertiary/aromatic N) is 3. The average Bonchev–Trinajstić information content (AvgIpc) is 3.07. The molecule has 0 aliphatic rings. The van der Waals surface area contributed by atoms with Gasteiger partial charge >= 0.3 is 0 Å². The van der Waals surface area contributed by atoms with Gasteiger partial charge in [-0.2, -0.15) is 0 Å². The van der Waals surface area contributed by atoms with Gasteiger partial charge in [-0.1, -0.05) is 30.4 Å². The van der Waals surface area contributed by atoms with Crippen LogP contribution < -0.4 is 11.1 Å². The Bertz CT molecular complexity index is 928. The first-order chi connectivity index (χ1) is 12.5. The van der Waals surface area contributed by atoms with E-state index in [1.165, 1.54) is 11.3 Å². The quantitative estimate of drug-likeness (QED) is 0.722. The highest BCUT2D eigenvalue weighted by atomic mass is 32.1. The maximum Gasteiger partial charge on any atom is 0.251 e. The molecule has 0 saturated heterocycles. The molecule has 0 fully saturated rings. The second-order valence-corrected chi connectivity index (χ2v) is 7.18. The van der Waals surface area contributed by atoms with Crippen molar-refractivity contribution in [3.63, 3.8) is 0 Å². The lowest BCUT2D eigenvalue weighted by Gasteiger charge is -2.12. The monoisotopic (exact) mass is 367 g/mol. The maximum absolute atomic E-state index is 12.5. The maximum atomic E-state index is 12.5. The van der Waals surface area contributed by atoms with Gasteiger partial charge in [0.1, 0.15) is 15.8 Å². The lowest BCUT2D eigenvalue weighted by Crippen LogP contribution is -2.22. The number of carbonyl (C=O) groups is 1. The zero-order valence-electron chi connectivity index (χ0n) is 15.0. The Labute approximate surface area is 156 Å². The highest BCUT2D eigenvalue weighted by Crippen LogP contribution is 2.28. The summed E-state index contributed by atoms with van der Waals surface area (Å²) in [5, 5.41) is 12.8. The van der Waals surface area contributed by atoms with Crippen molar-refractivity contribution in [1.29, 1.82) is 0 Å². The molecule has 1 amide bonds. The van der Waals surface area contributed by atoms with Gasteiger partial charge in [-0.15, -0.1) is 10.2 Å². The number of hydrogen-bond donors (Lipinski definition) is 2. The number of hydrogen-bond acceptors (Lipinski definition) is 6. The molecule has 6 nitrogen and oxygen atoms in total. The Kier molecular flexibility index (Phi) is 5.27. The van der Waals surface area contributed by atoms with Crippen molar-refractivity contribution in [2.75, 3.05) is 5.73 Å². The van der Waals surface area contributed by atoms with E-state index >= 15 is 0 Å². The molecule has 0 saturated carbocycles. The van der Waals surface area contributed by atoms with Crippen LogP contribution in [0.4, 0.5) is 5.82 Å². The molecule has 3 rings (SSSR count). The largest absolute Gasteiger partial charge is 0.384 e. The van der Waals surface area contributed by atoms with Crippen LogP contribution in [0.25, 0.3) is 11.1 Å². The first-order valence-electron chi connectivity index (χ1n) is 8.41. The zero-order chi connectivity index (χ0) is 18.7. The summed E-state index contributed by atoms with van der Waals surface area (Å²) in [6.45, 7) is 6.33. The van der Waals surface area contributed by atoms with Crippen LogP contribution in [-0.2, 0) is 13.0 Å². The first-order valence-corrected chi connectivity index (χ1v) is 9.23. The lowest BCUT2D eigenvalue weighted by molar-refractivity contribution is 0.0951. The molecule has 0 spiro atoms. The molecule has 2 aromatic heterocycles. The van der Waals surface area contributed by atoms with Gasteiger partial charge in [0.25, 0.3) is 5.91 Å². The van der Waals surface area contributed by atoms with E-state index in [1.807, 2.05) is 45.0 Å². The molecule has 1 aromatic carbocycles. The highest BCUT2D eigenvalue weighted by Gasteiger charge is 2.12. The van der Waals surface area contributed by atoms with Gasteiger partial charge in [-0.05, 0) is 49.6 Å². The Morgan fingerprint density at radius 1 is 1.19 bits per heavy atom. The van der Waals surface area contributed by atoms with Gasteiger partial charge in [0.05, 0.1) is 6.54 Å². The standard InChI is InChI=1S/C19H21N5OS/c1-4-16-23-24-17(26-16)10-21-19(25)14-7-5-6-13(9-14)18-11(2)8-15(20)22-12(18)3/h5-9H,4,10H2,1-3H3,(H2,20,22)(H,21,25). The van der Waals surface area contributed by atoms with Gasteiger partial charge in [0.15, 0.2) is 0 Å². The number of aryl methyl sites for hydroxylation is 3. The van der Waals surface area contributed by atoms with Crippen LogP contribution in [0.2, 0.25) is 0 Å². The number of amides is 1. The number of carbonyl (C=O) groups excluding carboxylic acids is 1. The zero-order valence-corrected chi connectivity index (χ0v) is 15.9. The normalized spacial score (nSPS) is 10.7. The number of nitrogen functional groups attached to an aromatic ring is 1. The Morgan fingerprint density at radius 3 is 2.65 bits per heavy atom. The summed E-state index contributed by atoms with van der Waals surface area (Å²) >= 11 is 1.52. The summed E-state index contributed by atoms with van der Waals surface area (Å²) in [7, 11) is 0. The van der Waals surface area contributed by atoms with E-state index in [-0.39, 0.29) is 5.91 Å². The van der Waals surface area contributed by atoms with Gasteiger partial charge in [0, 0.05) is 16.8 Å².